The molecule has 30 heavy (non-hydrogen) atoms. The summed E-state index contributed by atoms with van der Waals surface area (Å²) in [6, 6.07) is 11.5. The molecule has 3 aromatic rings. The van der Waals surface area contributed by atoms with Crippen LogP contribution >= 0.6 is 0 Å². The van der Waals surface area contributed by atoms with E-state index in [9.17, 15) is 13.2 Å². The molecule has 2 aromatic heterocycles. The molecule has 9 heteroatoms. The van der Waals surface area contributed by atoms with E-state index in [4.69, 9.17) is 9.15 Å². The van der Waals surface area contributed by atoms with Gasteiger partial charge in [0.25, 0.3) is 5.56 Å². The third-order valence-corrected chi connectivity index (χ3v) is 7.08. The first-order chi connectivity index (χ1) is 14.4. The van der Waals surface area contributed by atoms with Crippen LogP contribution in [0.15, 0.2) is 62.8 Å². The lowest BCUT2D eigenvalue weighted by atomic mass is 10.1. The third-order valence-electron chi connectivity index (χ3n) is 5.12. The molecular formula is C21H23N3O5S. The van der Waals surface area contributed by atoms with Crippen molar-refractivity contribution in [2.75, 3.05) is 13.2 Å². The van der Waals surface area contributed by atoms with Crippen LogP contribution in [0.25, 0.3) is 11.3 Å². The van der Waals surface area contributed by atoms with Gasteiger partial charge in [-0.3, -0.25) is 4.79 Å². The number of aromatic nitrogens is 2. The molecule has 0 spiro atoms. The summed E-state index contributed by atoms with van der Waals surface area (Å²) in [7, 11) is -3.84. The minimum atomic E-state index is -3.84. The molecule has 158 valence electrons. The van der Waals surface area contributed by atoms with E-state index in [0.29, 0.717) is 29.2 Å². The van der Waals surface area contributed by atoms with Crippen LogP contribution in [0.3, 0.4) is 0 Å². The Morgan fingerprint density at radius 1 is 1.23 bits per heavy atom. The van der Waals surface area contributed by atoms with Gasteiger partial charge in [0, 0.05) is 24.8 Å². The Hall–Kier alpha value is -2.75. The van der Waals surface area contributed by atoms with Crippen LogP contribution in [0, 0.1) is 6.92 Å². The van der Waals surface area contributed by atoms with Crippen molar-refractivity contribution in [1.29, 1.82) is 0 Å². The van der Waals surface area contributed by atoms with Crippen LogP contribution in [0.2, 0.25) is 0 Å². The monoisotopic (exact) mass is 429 g/mol. The Labute approximate surface area is 174 Å². The molecular weight excluding hydrogens is 406 g/mol. The Morgan fingerprint density at radius 2 is 2.10 bits per heavy atom. The number of sulfonamides is 1. The largest absolute Gasteiger partial charge is 0.468 e. The summed E-state index contributed by atoms with van der Waals surface area (Å²) in [6.07, 6.45) is 3.13. The van der Waals surface area contributed by atoms with E-state index in [1.165, 1.54) is 16.6 Å². The molecule has 4 rings (SSSR count). The highest BCUT2D eigenvalue weighted by Crippen LogP contribution is 2.28. The number of H-pyrrole nitrogens is 1. The van der Waals surface area contributed by atoms with Crippen LogP contribution in [-0.2, 0) is 21.3 Å². The number of rotatable bonds is 7. The Kier molecular flexibility index (Phi) is 5.85. The molecule has 0 aliphatic carbocycles. The van der Waals surface area contributed by atoms with Crippen molar-refractivity contribution in [1.82, 2.24) is 14.5 Å². The summed E-state index contributed by atoms with van der Waals surface area (Å²) in [5.74, 6) is 0.563. The van der Waals surface area contributed by atoms with Crippen molar-refractivity contribution in [2.24, 2.45) is 0 Å². The number of furan rings is 1. The van der Waals surface area contributed by atoms with Crippen molar-refractivity contribution in [3.05, 3.63) is 70.4 Å². The van der Waals surface area contributed by atoms with Crippen molar-refractivity contribution >= 4 is 10.0 Å². The molecule has 0 saturated carbocycles. The molecule has 8 nitrogen and oxygen atoms in total. The lowest BCUT2D eigenvalue weighted by molar-refractivity contribution is 0.0914. The molecule has 0 amide bonds. The zero-order valence-corrected chi connectivity index (χ0v) is 17.4. The first-order valence-corrected chi connectivity index (χ1v) is 11.2. The Balaban J connectivity index is 1.71. The van der Waals surface area contributed by atoms with E-state index >= 15 is 0 Å². The van der Waals surface area contributed by atoms with Gasteiger partial charge in [-0.1, -0.05) is 12.1 Å². The summed E-state index contributed by atoms with van der Waals surface area (Å²) >= 11 is 0. The predicted molar refractivity (Wildman–Crippen MR) is 110 cm³/mol. The Bertz CT molecular complexity index is 1150. The topological polar surface area (TPSA) is 106 Å². The molecule has 1 aliphatic rings. The minimum absolute atomic E-state index is 0.121. The average Bonchev–Trinajstić information content (AvgIpc) is 3.43. The van der Waals surface area contributed by atoms with Gasteiger partial charge in [0.15, 0.2) is 0 Å². The molecule has 0 radical (unpaired) electrons. The highest BCUT2D eigenvalue weighted by Gasteiger charge is 2.31. The van der Waals surface area contributed by atoms with Gasteiger partial charge in [0.1, 0.15) is 5.76 Å². The van der Waals surface area contributed by atoms with Gasteiger partial charge in [0.2, 0.25) is 10.0 Å². The van der Waals surface area contributed by atoms with Gasteiger partial charge in [-0.25, -0.2) is 13.5 Å². The van der Waals surface area contributed by atoms with Gasteiger partial charge >= 0.3 is 0 Å². The zero-order chi connectivity index (χ0) is 21.1. The fraction of sp³-hybridized carbons (Fsp3) is 0.333. The summed E-state index contributed by atoms with van der Waals surface area (Å²) in [5, 5.41) is 6.39. The van der Waals surface area contributed by atoms with E-state index < -0.39 is 10.0 Å². The number of nitrogens with one attached hydrogen (secondary N) is 1. The zero-order valence-electron chi connectivity index (χ0n) is 16.6. The minimum Gasteiger partial charge on any atom is -0.468 e. The van der Waals surface area contributed by atoms with E-state index in [2.05, 4.69) is 10.2 Å². The van der Waals surface area contributed by atoms with Crippen LogP contribution in [0.5, 0.6) is 0 Å². The van der Waals surface area contributed by atoms with E-state index in [1.807, 2.05) is 0 Å². The van der Waals surface area contributed by atoms with Crippen molar-refractivity contribution in [3.63, 3.8) is 0 Å². The third kappa shape index (κ3) is 4.38. The van der Waals surface area contributed by atoms with Crippen molar-refractivity contribution < 1.29 is 17.6 Å². The maximum absolute atomic E-state index is 13.7. The fourth-order valence-electron chi connectivity index (χ4n) is 3.52. The number of hydrogen-bond acceptors (Lipinski definition) is 6. The first kappa shape index (κ1) is 20.5. The second-order valence-electron chi connectivity index (χ2n) is 7.30. The molecule has 0 bridgehead atoms. The van der Waals surface area contributed by atoms with Crippen LogP contribution in [-0.4, -0.2) is 42.2 Å². The molecule has 1 aromatic carbocycles. The van der Waals surface area contributed by atoms with E-state index in [-0.39, 0.29) is 29.6 Å². The van der Waals surface area contributed by atoms with Gasteiger partial charge in [-0.15, -0.1) is 0 Å². The first-order valence-electron chi connectivity index (χ1n) is 9.74. The molecule has 1 atom stereocenters. The SMILES string of the molecule is Cc1ccc(-c2ccc(=O)[nH]n2)cc1S(=O)(=O)N(Cc1ccco1)CC1CCCO1. The predicted octanol–water partition coefficient (Wildman–Crippen LogP) is 2.71. The maximum atomic E-state index is 13.7. The summed E-state index contributed by atoms with van der Waals surface area (Å²) in [4.78, 5) is 11.5. The molecule has 3 heterocycles. The number of hydrogen-bond donors (Lipinski definition) is 1. The summed E-state index contributed by atoms with van der Waals surface area (Å²) in [6.45, 7) is 2.78. The number of ether oxygens (including phenoxy) is 1. The smallest absolute Gasteiger partial charge is 0.264 e. The normalized spacial score (nSPS) is 16.9. The van der Waals surface area contributed by atoms with E-state index in [0.717, 1.165) is 12.8 Å². The van der Waals surface area contributed by atoms with Gasteiger partial charge in [0.05, 0.1) is 29.5 Å². The highest BCUT2D eigenvalue weighted by molar-refractivity contribution is 7.89. The standard InChI is InChI=1S/C21H23N3O5S/c1-15-6-7-16(19-8-9-21(25)23-22-19)12-20(15)30(26,27)24(13-17-4-2-10-28-17)14-18-5-3-11-29-18/h2,4,6-10,12,18H,3,5,11,13-14H2,1H3,(H,23,25). The summed E-state index contributed by atoms with van der Waals surface area (Å²) in [5.41, 5.74) is 1.40. The highest BCUT2D eigenvalue weighted by atomic mass is 32.2. The van der Waals surface area contributed by atoms with Crippen LogP contribution in [0.4, 0.5) is 0 Å². The number of aryl methyl sites for hydroxylation is 1. The number of nitrogens with zero attached hydrogens (tertiary/aromatic N) is 2. The molecule has 1 fully saturated rings. The maximum Gasteiger partial charge on any atom is 0.264 e. The fourth-order valence-corrected chi connectivity index (χ4v) is 5.21. The summed E-state index contributed by atoms with van der Waals surface area (Å²) < 4.78 is 39.8. The van der Waals surface area contributed by atoms with Crippen molar-refractivity contribution in [3.8, 4) is 11.3 Å². The second-order valence-corrected chi connectivity index (χ2v) is 9.21. The molecule has 1 unspecified atom stereocenters. The van der Waals surface area contributed by atoms with Crippen LogP contribution in [0.1, 0.15) is 24.2 Å². The number of aromatic amines is 1. The Morgan fingerprint density at radius 3 is 2.77 bits per heavy atom. The van der Waals surface area contributed by atoms with Gasteiger partial charge in [-0.05, 0) is 49.6 Å². The molecule has 1 saturated heterocycles. The lowest BCUT2D eigenvalue weighted by Crippen LogP contribution is -2.37. The van der Waals surface area contributed by atoms with Gasteiger partial charge < -0.3 is 9.15 Å². The quantitative estimate of drug-likeness (QED) is 0.619. The molecule has 1 N–H and O–H groups in total. The number of benzene rings is 1. The van der Waals surface area contributed by atoms with E-state index in [1.54, 1.807) is 43.3 Å². The lowest BCUT2D eigenvalue weighted by Gasteiger charge is -2.25. The average molecular weight is 429 g/mol. The molecule has 1 aliphatic heterocycles. The second kappa shape index (κ2) is 8.55. The van der Waals surface area contributed by atoms with Gasteiger partial charge in [-0.2, -0.15) is 9.40 Å². The van der Waals surface area contributed by atoms with Crippen LogP contribution < -0.4 is 5.56 Å². The van der Waals surface area contributed by atoms with Crippen molar-refractivity contribution in [2.45, 2.75) is 37.3 Å².